The number of carbonyl (C=O) groups is 2. The second-order valence-electron chi connectivity index (χ2n) is 7.98. The average Bonchev–Trinajstić information content (AvgIpc) is 3.19. The minimum Gasteiger partial charge on any atom is -0.466 e. The number of esters is 1. The lowest BCUT2D eigenvalue weighted by Crippen LogP contribution is -2.46. The number of hydrogen-bond donors (Lipinski definition) is 0. The van der Waals surface area contributed by atoms with Gasteiger partial charge in [-0.15, -0.1) is 11.3 Å². The summed E-state index contributed by atoms with van der Waals surface area (Å²) in [7, 11) is 0. The zero-order valence-electron chi connectivity index (χ0n) is 17.0. The molecule has 6 nitrogen and oxygen atoms in total. The van der Waals surface area contributed by atoms with Crippen molar-refractivity contribution in [2.24, 2.45) is 5.92 Å². The highest BCUT2D eigenvalue weighted by atomic mass is 32.1. The highest BCUT2D eigenvalue weighted by Gasteiger charge is 2.30. The normalized spacial score (nSPS) is 19.6. The van der Waals surface area contributed by atoms with Crippen molar-refractivity contribution in [2.75, 3.05) is 39.3 Å². The molecule has 0 aliphatic carbocycles. The molecule has 1 aromatic carbocycles. The molecule has 2 aliphatic heterocycles. The van der Waals surface area contributed by atoms with Crippen LogP contribution in [0.4, 0.5) is 0 Å². The molecule has 2 fully saturated rings. The first kappa shape index (κ1) is 20.3. The molecule has 29 heavy (non-hydrogen) atoms. The molecule has 1 aromatic heterocycles. The molecule has 0 radical (unpaired) electrons. The number of likely N-dealkylation sites (tertiary alicyclic amines) is 2. The Morgan fingerprint density at radius 3 is 2.52 bits per heavy atom. The van der Waals surface area contributed by atoms with Crippen LogP contribution in [-0.4, -0.2) is 66.0 Å². The van der Waals surface area contributed by atoms with Crippen molar-refractivity contribution >= 4 is 33.4 Å². The average molecular weight is 416 g/mol. The molecule has 0 spiro atoms. The second-order valence-corrected chi connectivity index (χ2v) is 9.04. The second kappa shape index (κ2) is 9.22. The number of piperidine rings is 2. The summed E-state index contributed by atoms with van der Waals surface area (Å²) in [6.07, 6.45) is 3.53. The molecule has 7 heteroatoms. The Kier molecular flexibility index (Phi) is 6.45. The standard InChI is InChI=1S/C22H29N3O3S/c1-2-28-22(27)17-7-11-24(12-8-17)15-20(26)25-13-9-16(10-14-25)21-23-18-5-3-4-6-19(18)29-21/h3-6,16-17H,2,7-15H2,1H3. The molecule has 4 rings (SSSR count). The molecule has 2 aliphatic rings. The predicted molar refractivity (Wildman–Crippen MR) is 114 cm³/mol. The van der Waals surface area contributed by atoms with Gasteiger partial charge in [0.25, 0.3) is 0 Å². The van der Waals surface area contributed by atoms with Gasteiger partial charge in [-0.1, -0.05) is 12.1 Å². The number of nitrogens with zero attached hydrogens (tertiary/aromatic N) is 3. The minimum absolute atomic E-state index is 0.00847. The van der Waals surface area contributed by atoms with Crippen LogP contribution in [0.5, 0.6) is 0 Å². The fraction of sp³-hybridized carbons (Fsp3) is 0.591. The molecule has 0 atom stereocenters. The van der Waals surface area contributed by atoms with Gasteiger partial charge in [-0.05, 0) is 57.8 Å². The zero-order chi connectivity index (χ0) is 20.2. The van der Waals surface area contributed by atoms with Crippen LogP contribution in [0.15, 0.2) is 24.3 Å². The fourth-order valence-corrected chi connectivity index (χ4v) is 5.46. The van der Waals surface area contributed by atoms with E-state index in [-0.39, 0.29) is 17.8 Å². The summed E-state index contributed by atoms with van der Waals surface area (Å²) in [6, 6.07) is 8.28. The summed E-state index contributed by atoms with van der Waals surface area (Å²) in [5.41, 5.74) is 1.08. The van der Waals surface area contributed by atoms with E-state index in [1.807, 2.05) is 17.9 Å². The van der Waals surface area contributed by atoms with Crippen molar-refractivity contribution < 1.29 is 14.3 Å². The number of benzene rings is 1. The third-order valence-corrected chi connectivity index (χ3v) is 7.27. The Hall–Kier alpha value is -1.99. The Morgan fingerprint density at radius 1 is 1.10 bits per heavy atom. The summed E-state index contributed by atoms with van der Waals surface area (Å²) in [5, 5.41) is 1.21. The first-order chi connectivity index (χ1) is 14.1. The van der Waals surface area contributed by atoms with E-state index in [0.29, 0.717) is 19.1 Å². The number of thiazole rings is 1. The van der Waals surface area contributed by atoms with Crippen molar-refractivity contribution in [3.63, 3.8) is 0 Å². The molecule has 3 heterocycles. The monoisotopic (exact) mass is 415 g/mol. The number of hydrogen-bond acceptors (Lipinski definition) is 6. The largest absolute Gasteiger partial charge is 0.466 e. The molecular formula is C22H29N3O3S. The van der Waals surface area contributed by atoms with E-state index in [1.165, 1.54) is 9.71 Å². The van der Waals surface area contributed by atoms with E-state index in [0.717, 1.165) is 57.4 Å². The van der Waals surface area contributed by atoms with Crippen molar-refractivity contribution in [3.05, 3.63) is 29.3 Å². The maximum absolute atomic E-state index is 12.7. The third-order valence-electron chi connectivity index (χ3n) is 6.07. The van der Waals surface area contributed by atoms with E-state index in [2.05, 4.69) is 23.1 Å². The van der Waals surface area contributed by atoms with E-state index in [4.69, 9.17) is 9.72 Å². The summed E-state index contributed by atoms with van der Waals surface area (Å²) < 4.78 is 6.36. The highest BCUT2D eigenvalue weighted by molar-refractivity contribution is 7.18. The lowest BCUT2D eigenvalue weighted by molar-refractivity contribution is -0.149. The number of carbonyl (C=O) groups excluding carboxylic acids is 2. The molecule has 0 bridgehead atoms. The van der Waals surface area contributed by atoms with Gasteiger partial charge in [0, 0.05) is 19.0 Å². The van der Waals surface area contributed by atoms with Crippen LogP contribution < -0.4 is 0 Å². The SMILES string of the molecule is CCOC(=O)C1CCN(CC(=O)N2CCC(c3nc4ccccc4s3)CC2)CC1. The lowest BCUT2D eigenvalue weighted by Gasteiger charge is -2.35. The van der Waals surface area contributed by atoms with E-state index < -0.39 is 0 Å². The van der Waals surface area contributed by atoms with Crippen LogP contribution in [0.25, 0.3) is 10.2 Å². The topological polar surface area (TPSA) is 62.7 Å². The van der Waals surface area contributed by atoms with Gasteiger partial charge in [-0.3, -0.25) is 14.5 Å². The Bertz CT molecular complexity index is 819. The van der Waals surface area contributed by atoms with Crippen LogP contribution >= 0.6 is 11.3 Å². The summed E-state index contributed by atoms with van der Waals surface area (Å²) >= 11 is 1.79. The number of ether oxygens (including phenoxy) is 1. The van der Waals surface area contributed by atoms with Gasteiger partial charge in [0.15, 0.2) is 0 Å². The van der Waals surface area contributed by atoms with Gasteiger partial charge in [0.2, 0.25) is 5.91 Å². The number of amides is 1. The number of aromatic nitrogens is 1. The quantitative estimate of drug-likeness (QED) is 0.702. The molecule has 2 saturated heterocycles. The van der Waals surface area contributed by atoms with Crippen LogP contribution in [0.1, 0.15) is 43.5 Å². The highest BCUT2D eigenvalue weighted by Crippen LogP contribution is 2.33. The third kappa shape index (κ3) is 4.78. The first-order valence-electron chi connectivity index (χ1n) is 10.7. The lowest BCUT2D eigenvalue weighted by atomic mass is 9.96. The first-order valence-corrected chi connectivity index (χ1v) is 11.5. The van der Waals surface area contributed by atoms with Gasteiger partial charge in [0.05, 0.1) is 34.3 Å². The maximum Gasteiger partial charge on any atom is 0.309 e. The van der Waals surface area contributed by atoms with Gasteiger partial charge in [-0.2, -0.15) is 0 Å². The Balaban J connectivity index is 1.24. The minimum atomic E-state index is -0.0876. The van der Waals surface area contributed by atoms with Crippen LogP contribution in [0.2, 0.25) is 0 Å². The molecule has 0 N–H and O–H groups in total. The summed E-state index contributed by atoms with van der Waals surface area (Å²) in [4.78, 5) is 33.6. The van der Waals surface area contributed by atoms with Crippen molar-refractivity contribution in [3.8, 4) is 0 Å². The van der Waals surface area contributed by atoms with Crippen molar-refractivity contribution in [1.29, 1.82) is 0 Å². The summed E-state index contributed by atoms with van der Waals surface area (Å²) in [5.74, 6) is 0.570. The van der Waals surface area contributed by atoms with Gasteiger partial charge in [-0.25, -0.2) is 4.98 Å². The summed E-state index contributed by atoms with van der Waals surface area (Å²) in [6.45, 7) is 5.92. The van der Waals surface area contributed by atoms with Gasteiger partial charge < -0.3 is 9.64 Å². The van der Waals surface area contributed by atoms with Crippen LogP contribution in [0, 0.1) is 5.92 Å². The molecule has 2 aromatic rings. The smallest absolute Gasteiger partial charge is 0.309 e. The molecule has 0 saturated carbocycles. The molecule has 1 amide bonds. The fourth-order valence-electron chi connectivity index (χ4n) is 4.32. The number of para-hydroxylation sites is 1. The van der Waals surface area contributed by atoms with Gasteiger partial charge >= 0.3 is 5.97 Å². The van der Waals surface area contributed by atoms with E-state index >= 15 is 0 Å². The number of rotatable bonds is 5. The zero-order valence-corrected chi connectivity index (χ0v) is 17.8. The maximum atomic E-state index is 12.7. The molecule has 0 unspecified atom stereocenters. The van der Waals surface area contributed by atoms with Crippen molar-refractivity contribution in [1.82, 2.24) is 14.8 Å². The van der Waals surface area contributed by atoms with Crippen molar-refractivity contribution in [2.45, 2.75) is 38.5 Å². The molecule has 156 valence electrons. The van der Waals surface area contributed by atoms with Crippen LogP contribution in [0.3, 0.4) is 0 Å². The van der Waals surface area contributed by atoms with Gasteiger partial charge in [0.1, 0.15) is 0 Å². The number of fused-ring (bicyclic) bond motifs is 1. The Labute approximate surface area is 175 Å². The van der Waals surface area contributed by atoms with Crippen LogP contribution in [-0.2, 0) is 14.3 Å². The van der Waals surface area contributed by atoms with E-state index in [9.17, 15) is 9.59 Å². The predicted octanol–water partition coefficient (Wildman–Crippen LogP) is 3.28. The molecular weight excluding hydrogens is 386 g/mol. The van der Waals surface area contributed by atoms with E-state index in [1.54, 1.807) is 11.3 Å². The Morgan fingerprint density at radius 2 is 1.83 bits per heavy atom.